The van der Waals surface area contributed by atoms with E-state index in [4.69, 9.17) is 0 Å². The number of hydrogen-bond donors (Lipinski definition) is 1. The number of benzene rings is 1. The first-order valence-electron chi connectivity index (χ1n) is 7.02. The number of carbonyl (C=O) groups excluding carboxylic acids is 1. The van der Waals surface area contributed by atoms with Gasteiger partial charge in [-0.05, 0) is 26.0 Å². The lowest BCUT2D eigenvalue weighted by Crippen LogP contribution is -2.53. The number of nitriles is 1. The fourth-order valence-corrected chi connectivity index (χ4v) is 3.64. The van der Waals surface area contributed by atoms with Gasteiger partial charge in [0.25, 0.3) is 5.91 Å². The molecule has 0 bridgehead atoms. The number of rotatable bonds is 2. The molecule has 0 saturated carbocycles. The van der Waals surface area contributed by atoms with Crippen molar-refractivity contribution in [2.24, 2.45) is 0 Å². The number of carbonyl (C=O) groups is 1. The zero-order valence-corrected chi connectivity index (χ0v) is 12.7. The summed E-state index contributed by atoms with van der Waals surface area (Å²) >= 11 is 1.56. The van der Waals surface area contributed by atoms with Crippen LogP contribution in [0.2, 0.25) is 0 Å². The summed E-state index contributed by atoms with van der Waals surface area (Å²) < 4.78 is 1.09. The van der Waals surface area contributed by atoms with Crippen molar-refractivity contribution in [3.8, 4) is 6.07 Å². The molecule has 1 aliphatic heterocycles. The molecule has 1 aromatic carbocycles. The van der Waals surface area contributed by atoms with Crippen LogP contribution in [-0.4, -0.2) is 36.5 Å². The molecule has 1 fully saturated rings. The number of fused-ring (bicyclic) bond motifs is 1. The monoisotopic (exact) mass is 299 g/mol. The maximum absolute atomic E-state index is 12.6. The molecule has 1 aromatic heterocycles. The second kappa shape index (κ2) is 5.47. The van der Waals surface area contributed by atoms with Crippen LogP contribution in [0.25, 0.3) is 10.1 Å². The summed E-state index contributed by atoms with van der Waals surface area (Å²) in [7, 11) is 2.04. The molecule has 0 atom stereocenters. The molecular formula is C16H17N3OS. The first-order chi connectivity index (χ1) is 10.1. The number of hydrogen-bond acceptors (Lipinski definition) is 4. The van der Waals surface area contributed by atoms with Crippen LogP contribution in [0.4, 0.5) is 0 Å². The van der Waals surface area contributed by atoms with E-state index in [9.17, 15) is 10.1 Å². The van der Waals surface area contributed by atoms with Gasteiger partial charge in [0.05, 0.1) is 11.6 Å². The highest BCUT2D eigenvalue weighted by atomic mass is 32.1. The predicted octanol–water partition coefficient (Wildman–Crippen LogP) is 2.62. The fraction of sp³-hybridized carbons (Fsp3) is 0.375. The van der Waals surface area contributed by atoms with Crippen LogP contribution in [0.15, 0.2) is 29.6 Å². The van der Waals surface area contributed by atoms with E-state index in [2.05, 4.69) is 16.3 Å². The van der Waals surface area contributed by atoms with Crippen molar-refractivity contribution < 1.29 is 4.79 Å². The average molecular weight is 299 g/mol. The molecule has 3 rings (SSSR count). The summed E-state index contributed by atoms with van der Waals surface area (Å²) in [5.74, 6) is -0.140. The van der Waals surface area contributed by atoms with Gasteiger partial charge < -0.3 is 10.2 Å². The highest BCUT2D eigenvalue weighted by Gasteiger charge is 2.35. The molecule has 0 spiro atoms. The number of likely N-dealkylation sites (tertiary alicyclic amines) is 1. The molecule has 108 valence electrons. The molecular weight excluding hydrogens is 282 g/mol. The van der Waals surface area contributed by atoms with E-state index in [1.165, 1.54) is 0 Å². The topological polar surface area (TPSA) is 56.1 Å². The van der Waals surface area contributed by atoms with E-state index in [-0.39, 0.29) is 5.91 Å². The quantitative estimate of drug-likeness (QED) is 0.927. The highest BCUT2D eigenvalue weighted by molar-refractivity contribution is 7.17. The number of piperidine rings is 1. The van der Waals surface area contributed by atoms with Gasteiger partial charge in [0, 0.05) is 28.6 Å². The van der Waals surface area contributed by atoms with E-state index in [1.54, 1.807) is 11.3 Å². The molecule has 2 aromatic rings. The molecule has 1 aliphatic rings. The normalized spacial score (nSPS) is 18.3. The molecule has 0 aliphatic carbocycles. The summed E-state index contributed by atoms with van der Waals surface area (Å²) in [6.07, 6.45) is 1.35. The molecule has 5 heteroatoms. The first kappa shape index (κ1) is 14.1. The smallest absolute Gasteiger partial charge is 0.254 e. The Kier molecular flexibility index (Phi) is 3.66. The zero-order chi connectivity index (χ0) is 14.9. The Labute approximate surface area is 128 Å². The van der Waals surface area contributed by atoms with Gasteiger partial charge in [0.15, 0.2) is 0 Å². The maximum Gasteiger partial charge on any atom is 0.254 e. The van der Waals surface area contributed by atoms with Crippen molar-refractivity contribution >= 4 is 27.3 Å². The second-order valence-corrected chi connectivity index (χ2v) is 6.51. The van der Waals surface area contributed by atoms with Crippen molar-refractivity contribution in [1.29, 1.82) is 5.26 Å². The number of nitrogens with one attached hydrogen (secondary N) is 1. The Morgan fingerprint density at radius 2 is 2.10 bits per heavy atom. The Balaban J connectivity index is 1.84. The summed E-state index contributed by atoms with van der Waals surface area (Å²) in [6.45, 7) is 1.66. The van der Waals surface area contributed by atoms with Crippen LogP contribution in [0, 0.1) is 11.3 Å². The molecule has 2 heterocycles. The molecule has 1 saturated heterocycles. The molecule has 0 radical (unpaired) electrons. The first-order valence-corrected chi connectivity index (χ1v) is 7.90. The van der Waals surface area contributed by atoms with Crippen molar-refractivity contribution in [3.63, 3.8) is 0 Å². The molecule has 1 amide bonds. The lowest BCUT2D eigenvalue weighted by atomic mass is 9.89. The SMILES string of the molecule is CN1CCC(C#N)(NC(=O)c2csc3ccccc23)CC1. The van der Waals surface area contributed by atoms with Gasteiger partial charge in [0.1, 0.15) is 5.54 Å². The summed E-state index contributed by atoms with van der Waals surface area (Å²) in [5, 5.41) is 15.3. The highest BCUT2D eigenvalue weighted by Crippen LogP contribution is 2.27. The Hall–Kier alpha value is -1.90. The van der Waals surface area contributed by atoms with Crippen LogP contribution >= 0.6 is 11.3 Å². The largest absolute Gasteiger partial charge is 0.334 e. The Morgan fingerprint density at radius 1 is 1.38 bits per heavy atom. The van der Waals surface area contributed by atoms with Gasteiger partial charge in [-0.2, -0.15) is 5.26 Å². The van der Waals surface area contributed by atoms with Crippen LogP contribution in [0.3, 0.4) is 0 Å². The third-order valence-electron chi connectivity index (χ3n) is 4.13. The Bertz CT molecular complexity index is 708. The number of amides is 1. The molecule has 4 nitrogen and oxygen atoms in total. The van der Waals surface area contributed by atoms with E-state index in [0.717, 1.165) is 23.2 Å². The third kappa shape index (κ3) is 2.65. The van der Waals surface area contributed by atoms with Crippen molar-refractivity contribution in [2.45, 2.75) is 18.4 Å². The minimum absolute atomic E-state index is 0.140. The standard InChI is InChI=1S/C16H17N3OS/c1-19-8-6-16(11-17,7-9-19)18-15(20)13-10-21-14-5-3-2-4-12(13)14/h2-5,10H,6-9H2,1H3,(H,18,20). The van der Waals surface area contributed by atoms with E-state index in [1.807, 2.05) is 36.7 Å². The fourth-order valence-electron chi connectivity index (χ4n) is 2.70. The minimum Gasteiger partial charge on any atom is -0.334 e. The van der Waals surface area contributed by atoms with Gasteiger partial charge >= 0.3 is 0 Å². The predicted molar refractivity (Wildman–Crippen MR) is 84.4 cm³/mol. The summed E-state index contributed by atoms with van der Waals surface area (Å²) in [6, 6.07) is 10.2. The van der Waals surface area contributed by atoms with E-state index in [0.29, 0.717) is 18.4 Å². The molecule has 0 unspecified atom stereocenters. The van der Waals surface area contributed by atoms with Gasteiger partial charge in [-0.1, -0.05) is 18.2 Å². The lowest BCUT2D eigenvalue weighted by Gasteiger charge is -2.35. The van der Waals surface area contributed by atoms with Gasteiger partial charge in [-0.25, -0.2) is 0 Å². The summed E-state index contributed by atoms with van der Waals surface area (Å²) in [4.78, 5) is 14.7. The number of thiophene rings is 1. The zero-order valence-electron chi connectivity index (χ0n) is 11.9. The van der Waals surface area contributed by atoms with E-state index >= 15 is 0 Å². The van der Waals surface area contributed by atoms with Crippen LogP contribution in [0.1, 0.15) is 23.2 Å². The minimum atomic E-state index is -0.730. The molecule has 1 N–H and O–H groups in total. The average Bonchev–Trinajstić information content (AvgIpc) is 2.94. The van der Waals surface area contributed by atoms with Gasteiger partial charge in [0.2, 0.25) is 0 Å². The van der Waals surface area contributed by atoms with E-state index < -0.39 is 5.54 Å². The van der Waals surface area contributed by atoms with Crippen LogP contribution in [-0.2, 0) is 0 Å². The Morgan fingerprint density at radius 3 is 2.81 bits per heavy atom. The van der Waals surface area contributed by atoms with Gasteiger partial charge in [-0.3, -0.25) is 4.79 Å². The summed E-state index contributed by atoms with van der Waals surface area (Å²) in [5.41, 5.74) is -0.0590. The third-order valence-corrected chi connectivity index (χ3v) is 5.10. The number of nitrogens with zero attached hydrogens (tertiary/aromatic N) is 2. The lowest BCUT2D eigenvalue weighted by molar-refractivity contribution is 0.0884. The van der Waals surface area contributed by atoms with Crippen molar-refractivity contribution in [3.05, 3.63) is 35.2 Å². The van der Waals surface area contributed by atoms with Gasteiger partial charge in [-0.15, -0.1) is 11.3 Å². The van der Waals surface area contributed by atoms with Crippen molar-refractivity contribution in [2.75, 3.05) is 20.1 Å². The van der Waals surface area contributed by atoms with Crippen molar-refractivity contribution in [1.82, 2.24) is 10.2 Å². The second-order valence-electron chi connectivity index (χ2n) is 5.60. The van der Waals surface area contributed by atoms with Crippen LogP contribution < -0.4 is 5.32 Å². The van der Waals surface area contributed by atoms with Crippen LogP contribution in [0.5, 0.6) is 0 Å². The molecule has 21 heavy (non-hydrogen) atoms. The maximum atomic E-state index is 12.6.